The molecular formula is C17H26N2O2. The van der Waals surface area contributed by atoms with Crippen LogP contribution in [0.4, 0.5) is 0 Å². The van der Waals surface area contributed by atoms with Crippen molar-refractivity contribution in [3.63, 3.8) is 0 Å². The van der Waals surface area contributed by atoms with Gasteiger partial charge in [-0.15, -0.1) is 0 Å². The number of nitrogens with one attached hydrogen (secondary N) is 1. The summed E-state index contributed by atoms with van der Waals surface area (Å²) in [4.78, 5) is 2.56. The minimum absolute atomic E-state index is 0.576. The number of ether oxygens (including phenoxy) is 2. The maximum atomic E-state index is 5.43. The summed E-state index contributed by atoms with van der Waals surface area (Å²) in [5.41, 5.74) is 2.77. The Morgan fingerprint density at radius 1 is 1.19 bits per heavy atom. The summed E-state index contributed by atoms with van der Waals surface area (Å²) in [5.74, 6) is 1.68. The molecule has 21 heavy (non-hydrogen) atoms. The third-order valence-electron chi connectivity index (χ3n) is 4.65. The van der Waals surface area contributed by atoms with E-state index in [4.69, 9.17) is 9.47 Å². The van der Waals surface area contributed by atoms with E-state index in [1.165, 1.54) is 24.0 Å². The zero-order valence-corrected chi connectivity index (χ0v) is 13.3. The van der Waals surface area contributed by atoms with E-state index < -0.39 is 0 Å². The number of hydrogen-bond acceptors (Lipinski definition) is 4. The molecule has 1 aromatic rings. The zero-order valence-electron chi connectivity index (χ0n) is 13.3. The first-order chi connectivity index (χ1) is 10.2. The third kappa shape index (κ3) is 3.33. The molecule has 1 aliphatic carbocycles. The molecule has 1 heterocycles. The van der Waals surface area contributed by atoms with Gasteiger partial charge in [0.05, 0.1) is 14.2 Å². The summed E-state index contributed by atoms with van der Waals surface area (Å²) in [5, 5.41) is 3.63. The predicted octanol–water partition coefficient (Wildman–Crippen LogP) is 2.20. The summed E-state index contributed by atoms with van der Waals surface area (Å²) in [6.07, 6.45) is 3.79. The molecule has 1 saturated carbocycles. The molecule has 1 atom stereocenters. The number of rotatable bonds is 6. The van der Waals surface area contributed by atoms with Crippen molar-refractivity contribution in [2.24, 2.45) is 0 Å². The predicted molar refractivity (Wildman–Crippen MR) is 84.1 cm³/mol. The molecule has 0 bridgehead atoms. The lowest BCUT2D eigenvalue weighted by atomic mass is 9.97. The average molecular weight is 290 g/mol. The van der Waals surface area contributed by atoms with E-state index in [1.54, 1.807) is 14.2 Å². The van der Waals surface area contributed by atoms with Crippen molar-refractivity contribution in [1.82, 2.24) is 10.2 Å². The van der Waals surface area contributed by atoms with Crippen molar-refractivity contribution in [2.75, 3.05) is 27.3 Å². The largest absolute Gasteiger partial charge is 0.493 e. The quantitative estimate of drug-likeness (QED) is 0.871. The van der Waals surface area contributed by atoms with Gasteiger partial charge in [-0.3, -0.25) is 4.90 Å². The first-order valence-electron chi connectivity index (χ1n) is 7.92. The van der Waals surface area contributed by atoms with Crippen LogP contribution in [-0.2, 0) is 13.0 Å². The van der Waals surface area contributed by atoms with E-state index in [1.807, 2.05) is 0 Å². The molecule has 1 fully saturated rings. The van der Waals surface area contributed by atoms with Gasteiger partial charge in [-0.05, 0) is 49.4 Å². The average Bonchev–Trinajstić information content (AvgIpc) is 3.34. The van der Waals surface area contributed by atoms with Crippen LogP contribution in [0.3, 0.4) is 0 Å². The summed E-state index contributed by atoms with van der Waals surface area (Å²) >= 11 is 0. The van der Waals surface area contributed by atoms with E-state index in [-0.39, 0.29) is 0 Å². The van der Waals surface area contributed by atoms with Crippen LogP contribution in [0.2, 0.25) is 0 Å². The molecule has 4 heteroatoms. The lowest BCUT2D eigenvalue weighted by molar-refractivity contribution is 0.186. The van der Waals surface area contributed by atoms with Crippen LogP contribution >= 0.6 is 0 Å². The minimum atomic E-state index is 0.576. The molecule has 116 valence electrons. The van der Waals surface area contributed by atoms with Crippen molar-refractivity contribution < 1.29 is 9.47 Å². The van der Waals surface area contributed by atoms with E-state index in [2.05, 4.69) is 29.3 Å². The second kappa shape index (κ2) is 6.24. The smallest absolute Gasteiger partial charge is 0.161 e. The fraction of sp³-hybridized carbons (Fsp3) is 0.647. The summed E-state index contributed by atoms with van der Waals surface area (Å²) in [6, 6.07) is 5.64. The molecule has 1 aromatic carbocycles. The Balaban J connectivity index is 1.68. The van der Waals surface area contributed by atoms with Crippen LogP contribution in [0.25, 0.3) is 0 Å². The van der Waals surface area contributed by atoms with Crippen molar-refractivity contribution in [2.45, 2.75) is 44.8 Å². The molecule has 0 aromatic heterocycles. The molecule has 1 aliphatic heterocycles. The molecule has 3 rings (SSSR count). The van der Waals surface area contributed by atoms with Gasteiger partial charge in [-0.1, -0.05) is 0 Å². The van der Waals surface area contributed by atoms with E-state index >= 15 is 0 Å². The van der Waals surface area contributed by atoms with Gasteiger partial charge < -0.3 is 14.8 Å². The Labute approximate surface area is 127 Å². The highest BCUT2D eigenvalue weighted by Crippen LogP contribution is 2.33. The van der Waals surface area contributed by atoms with Gasteiger partial charge in [0.1, 0.15) is 0 Å². The maximum absolute atomic E-state index is 5.43. The van der Waals surface area contributed by atoms with Crippen molar-refractivity contribution in [3.8, 4) is 11.5 Å². The molecule has 1 N–H and O–H groups in total. The monoisotopic (exact) mass is 290 g/mol. The second-order valence-corrected chi connectivity index (χ2v) is 6.23. The highest BCUT2D eigenvalue weighted by atomic mass is 16.5. The molecule has 0 spiro atoms. The van der Waals surface area contributed by atoms with E-state index in [0.29, 0.717) is 6.04 Å². The number of benzene rings is 1. The Morgan fingerprint density at radius 3 is 2.48 bits per heavy atom. The maximum Gasteiger partial charge on any atom is 0.161 e. The highest BCUT2D eigenvalue weighted by molar-refractivity contribution is 5.48. The lowest BCUT2D eigenvalue weighted by Crippen LogP contribution is -2.43. The van der Waals surface area contributed by atoms with Gasteiger partial charge in [0.25, 0.3) is 0 Å². The molecule has 2 aliphatic rings. The molecular weight excluding hydrogens is 264 g/mol. The summed E-state index contributed by atoms with van der Waals surface area (Å²) in [6.45, 7) is 5.54. The normalized spacial score (nSPS) is 20.0. The Morgan fingerprint density at radius 2 is 1.86 bits per heavy atom. The van der Waals surface area contributed by atoms with Crippen molar-refractivity contribution in [1.29, 1.82) is 0 Å². The Bertz CT molecular complexity index is 500. The number of nitrogens with zero attached hydrogens (tertiary/aromatic N) is 1. The van der Waals surface area contributed by atoms with Crippen LogP contribution in [0, 0.1) is 0 Å². The van der Waals surface area contributed by atoms with Crippen LogP contribution in [-0.4, -0.2) is 44.3 Å². The SMILES string of the molecule is COc1cc2c(cc1OC)CN(C(C)CNC1CC1)CC2. The summed E-state index contributed by atoms with van der Waals surface area (Å²) < 4.78 is 10.8. The van der Waals surface area contributed by atoms with Gasteiger partial charge in [0.2, 0.25) is 0 Å². The zero-order chi connectivity index (χ0) is 14.8. The standard InChI is InChI=1S/C17H26N2O2/c1-12(10-18-15-4-5-15)19-7-6-13-8-16(20-2)17(21-3)9-14(13)11-19/h8-9,12,15,18H,4-7,10-11H2,1-3H3. The molecule has 0 amide bonds. The fourth-order valence-corrected chi connectivity index (χ4v) is 3.04. The van der Waals surface area contributed by atoms with Crippen LogP contribution < -0.4 is 14.8 Å². The van der Waals surface area contributed by atoms with Gasteiger partial charge >= 0.3 is 0 Å². The fourth-order valence-electron chi connectivity index (χ4n) is 3.04. The molecule has 1 unspecified atom stereocenters. The van der Waals surface area contributed by atoms with E-state index in [9.17, 15) is 0 Å². The Kier molecular flexibility index (Phi) is 4.36. The number of hydrogen-bond donors (Lipinski definition) is 1. The first kappa shape index (κ1) is 14.7. The van der Waals surface area contributed by atoms with Gasteiger partial charge in [0, 0.05) is 31.7 Å². The molecule has 0 radical (unpaired) electrons. The number of methoxy groups -OCH3 is 2. The van der Waals surface area contributed by atoms with Crippen molar-refractivity contribution in [3.05, 3.63) is 23.3 Å². The first-order valence-corrected chi connectivity index (χ1v) is 7.92. The van der Waals surface area contributed by atoms with Gasteiger partial charge in [0.15, 0.2) is 11.5 Å². The summed E-state index contributed by atoms with van der Waals surface area (Å²) in [7, 11) is 3.40. The topological polar surface area (TPSA) is 33.7 Å². The van der Waals surface area contributed by atoms with Crippen LogP contribution in [0.5, 0.6) is 11.5 Å². The molecule has 4 nitrogen and oxygen atoms in total. The van der Waals surface area contributed by atoms with Gasteiger partial charge in [-0.2, -0.15) is 0 Å². The minimum Gasteiger partial charge on any atom is -0.493 e. The second-order valence-electron chi connectivity index (χ2n) is 6.23. The van der Waals surface area contributed by atoms with Crippen LogP contribution in [0.15, 0.2) is 12.1 Å². The third-order valence-corrected chi connectivity index (χ3v) is 4.65. The number of fused-ring (bicyclic) bond motifs is 1. The Hall–Kier alpha value is -1.26. The van der Waals surface area contributed by atoms with E-state index in [0.717, 1.165) is 43.6 Å². The van der Waals surface area contributed by atoms with Crippen LogP contribution in [0.1, 0.15) is 30.9 Å². The van der Waals surface area contributed by atoms with Gasteiger partial charge in [-0.25, -0.2) is 0 Å². The van der Waals surface area contributed by atoms with Crippen molar-refractivity contribution >= 4 is 0 Å². The highest BCUT2D eigenvalue weighted by Gasteiger charge is 2.25. The molecule has 0 saturated heterocycles. The lowest BCUT2D eigenvalue weighted by Gasteiger charge is -2.34.